The molecule has 3 rings (SSSR count). The van der Waals surface area contributed by atoms with E-state index in [2.05, 4.69) is 24.0 Å². The fourth-order valence-corrected chi connectivity index (χ4v) is 3.80. The van der Waals surface area contributed by atoms with Crippen LogP contribution in [0.2, 0.25) is 0 Å². The summed E-state index contributed by atoms with van der Waals surface area (Å²) < 4.78 is 5.74. The van der Waals surface area contributed by atoms with Crippen molar-refractivity contribution in [2.75, 3.05) is 6.61 Å². The van der Waals surface area contributed by atoms with Gasteiger partial charge in [0.25, 0.3) is 0 Å². The molecule has 0 aliphatic heterocycles. The second kappa shape index (κ2) is 10.7. The fraction of sp³-hybridized carbons (Fsp3) is 0.481. The van der Waals surface area contributed by atoms with E-state index >= 15 is 0 Å². The van der Waals surface area contributed by atoms with Crippen molar-refractivity contribution in [3.8, 4) is 11.4 Å². The molecule has 0 saturated carbocycles. The van der Waals surface area contributed by atoms with Gasteiger partial charge in [-0.1, -0.05) is 72.1 Å². The monoisotopic (exact) mass is 449 g/mol. The van der Waals surface area contributed by atoms with Gasteiger partial charge in [0.2, 0.25) is 0 Å². The molecule has 3 aromatic rings. The quantitative estimate of drug-likeness (QED) is 0.236. The van der Waals surface area contributed by atoms with Crippen LogP contribution in [0.25, 0.3) is 16.7 Å². The number of ether oxygens (including phenoxy) is 1. The summed E-state index contributed by atoms with van der Waals surface area (Å²) in [5, 5.41) is 20.1. The molecule has 0 fully saturated rings. The average Bonchev–Trinajstić information content (AvgIpc) is 3.19. The zero-order chi connectivity index (χ0) is 24.0. The number of benzene rings is 2. The molecule has 1 aromatic heterocycles. The van der Waals surface area contributed by atoms with Crippen LogP contribution in [-0.2, 0) is 21.4 Å². The van der Waals surface area contributed by atoms with Gasteiger partial charge in [0.05, 0.1) is 6.61 Å². The van der Waals surface area contributed by atoms with Gasteiger partial charge in [-0.15, -0.1) is 15.0 Å². The van der Waals surface area contributed by atoms with Crippen molar-refractivity contribution in [1.29, 1.82) is 0 Å². The summed E-state index contributed by atoms with van der Waals surface area (Å²) in [4.78, 5) is 13.0. The Morgan fingerprint density at radius 3 is 2.33 bits per heavy atom. The van der Waals surface area contributed by atoms with Crippen molar-refractivity contribution in [3.63, 3.8) is 0 Å². The molecule has 0 bridgehead atoms. The normalized spacial score (nSPS) is 11.7. The van der Waals surface area contributed by atoms with Crippen molar-refractivity contribution in [2.24, 2.45) is 5.92 Å². The molecule has 0 unspecified atom stereocenters. The Morgan fingerprint density at radius 2 is 1.76 bits per heavy atom. The van der Waals surface area contributed by atoms with Crippen LogP contribution in [0.3, 0.4) is 0 Å². The fourth-order valence-electron chi connectivity index (χ4n) is 3.80. The van der Waals surface area contributed by atoms with E-state index in [1.807, 2.05) is 63.1 Å². The Bertz CT molecular complexity index is 1100. The molecule has 33 heavy (non-hydrogen) atoms. The van der Waals surface area contributed by atoms with Gasteiger partial charge in [-0.2, -0.15) is 0 Å². The summed E-state index contributed by atoms with van der Waals surface area (Å²) in [5.41, 5.74) is 3.25. The van der Waals surface area contributed by atoms with Crippen molar-refractivity contribution < 1.29 is 14.6 Å². The summed E-state index contributed by atoms with van der Waals surface area (Å²) in [5.74, 6) is 3.07. The first kappa shape index (κ1) is 24.5. The largest absolute Gasteiger partial charge is 0.505 e. The second-order valence-corrected chi connectivity index (χ2v) is 10.0. The molecule has 1 heterocycles. The molecule has 0 radical (unpaired) electrons. The van der Waals surface area contributed by atoms with Crippen LogP contribution < -0.4 is 0 Å². The number of nitrogens with zero attached hydrogens (tertiary/aromatic N) is 3. The number of rotatable bonds is 10. The highest BCUT2D eigenvalue weighted by atomic mass is 16.5. The average molecular weight is 450 g/mol. The minimum Gasteiger partial charge on any atom is -0.505 e. The maximum absolute atomic E-state index is 11.6. The van der Waals surface area contributed by atoms with Crippen LogP contribution in [-0.4, -0.2) is 32.6 Å². The number of hydrogen-bond donors (Lipinski definition) is 1. The molecule has 176 valence electrons. The van der Waals surface area contributed by atoms with Gasteiger partial charge < -0.3 is 9.84 Å². The second-order valence-electron chi connectivity index (χ2n) is 10.0. The third-order valence-electron chi connectivity index (χ3n) is 5.64. The van der Waals surface area contributed by atoms with Gasteiger partial charge in [-0.3, -0.25) is 0 Å². The summed E-state index contributed by atoms with van der Waals surface area (Å²) in [6, 6.07) is 11.3. The minimum atomic E-state index is -0.316. The maximum atomic E-state index is 11.6. The summed E-state index contributed by atoms with van der Waals surface area (Å²) in [6.45, 7) is 11.1. The SMILES string of the molecule is CC(C)CCCCCOC(=C=O)Cc1cc(-n2nc3ccccc3n2)c(O)c(C(C)(C)C)c1. The summed E-state index contributed by atoms with van der Waals surface area (Å²) in [6.07, 6.45) is 4.67. The molecule has 6 nitrogen and oxygen atoms in total. The summed E-state index contributed by atoms with van der Waals surface area (Å²) >= 11 is 0. The Morgan fingerprint density at radius 1 is 1.09 bits per heavy atom. The molecular formula is C27H35N3O3. The number of hydrogen-bond acceptors (Lipinski definition) is 5. The van der Waals surface area contributed by atoms with E-state index in [0.717, 1.165) is 35.0 Å². The molecule has 0 aliphatic carbocycles. The number of fused-ring (bicyclic) bond motifs is 1. The highest BCUT2D eigenvalue weighted by Crippen LogP contribution is 2.36. The minimum absolute atomic E-state index is 0.134. The van der Waals surface area contributed by atoms with Crippen LogP contribution in [0.4, 0.5) is 0 Å². The van der Waals surface area contributed by atoms with Gasteiger partial charge >= 0.3 is 0 Å². The number of phenols is 1. The molecule has 0 saturated heterocycles. The Kier molecular flexibility index (Phi) is 7.93. The van der Waals surface area contributed by atoms with E-state index in [-0.39, 0.29) is 16.9 Å². The molecule has 6 heteroatoms. The molecule has 2 aromatic carbocycles. The molecule has 0 atom stereocenters. The van der Waals surface area contributed by atoms with E-state index in [9.17, 15) is 9.90 Å². The standard InChI is InChI=1S/C27H35N3O3/c1-19(2)11-7-6-10-14-33-21(18-31)15-20-16-22(27(3,4)5)26(32)25(17-20)30-28-23-12-8-9-13-24(23)29-30/h8-9,12-13,16-17,19,32H,6-7,10-11,14-15H2,1-5H3. The molecule has 0 spiro atoms. The predicted octanol–water partition coefficient (Wildman–Crippen LogP) is 5.91. The lowest BCUT2D eigenvalue weighted by atomic mass is 9.84. The van der Waals surface area contributed by atoms with E-state index < -0.39 is 0 Å². The summed E-state index contributed by atoms with van der Waals surface area (Å²) in [7, 11) is 0. The number of unbranched alkanes of at least 4 members (excludes halogenated alkanes) is 2. The van der Waals surface area contributed by atoms with Crippen molar-refractivity contribution >= 4 is 17.0 Å². The van der Waals surface area contributed by atoms with Gasteiger partial charge in [-0.05, 0) is 41.5 Å². The predicted molar refractivity (Wildman–Crippen MR) is 131 cm³/mol. The lowest BCUT2D eigenvalue weighted by Gasteiger charge is -2.23. The first-order valence-corrected chi connectivity index (χ1v) is 11.7. The number of aromatic hydroxyl groups is 1. The molecule has 0 amide bonds. The van der Waals surface area contributed by atoms with Gasteiger partial charge in [0.1, 0.15) is 22.5 Å². The van der Waals surface area contributed by atoms with Gasteiger partial charge in [0, 0.05) is 12.0 Å². The van der Waals surface area contributed by atoms with Crippen LogP contribution in [0.5, 0.6) is 5.75 Å². The topological polar surface area (TPSA) is 77.2 Å². The Balaban J connectivity index is 1.82. The van der Waals surface area contributed by atoms with Crippen molar-refractivity contribution in [1.82, 2.24) is 15.0 Å². The van der Waals surface area contributed by atoms with E-state index in [4.69, 9.17) is 4.74 Å². The highest BCUT2D eigenvalue weighted by molar-refractivity contribution is 5.73. The first-order chi connectivity index (χ1) is 15.7. The zero-order valence-electron chi connectivity index (χ0n) is 20.4. The lowest BCUT2D eigenvalue weighted by molar-refractivity contribution is 0.202. The highest BCUT2D eigenvalue weighted by Gasteiger charge is 2.23. The van der Waals surface area contributed by atoms with Crippen molar-refractivity contribution in [3.05, 3.63) is 53.3 Å². The zero-order valence-corrected chi connectivity index (χ0v) is 20.4. The van der Waals surface area contributed by atoms with Crippen LogP contribution in [0, 0.1) is 5.92 Å². The van der Waals surface area contributed by atoms with Crippen LogP contribution >= 0.6 is 0 Å². The van der Waals surface area contributed by atoms with Gasteiger partial charge in [0.15, 0.2) is 11.7 Å². The number of carbonyl (C=O) groups excluding carboxylic acids is 1. The van der Waals surface area contributed by atoms with Crippen LogP contribution in [0.1, 0.15) is 71.4 Å². The van der Waals surface area contributed by atoms with E-state index in [1.54, 1.807) is 0 Å². The van der Waals surface area contributed by atoms with Crippen LogP contribution in [0.15, 0.2) is 42.2 Å². The Hall–Kier alpha value is -3.11. The van der Waals surface area contributed by atoms with Gasteiger partial charge in [-0.25, -0.2) is 4.79 Å². The van der Waals surface area contributed by atoms with Crippen molar-refractivity contribution in [2.45, 2.75) is 72.1 Å². The van der Waals surface area contributed by atoms with E-state index in [0.29, 0.717) is 24.6 Å². The smallest absolute Gasteiger partial charge is 0.183 e. The number of aromatic nitrogens is 3. The lowest BCUT2D eigenvalue weighted by Crippen LogP contribution is -2.14. The number of phenolic OH excluding ortho intramolecular Hbond substituents is 1. The third-order valence-corrected chi connectivity index (χ3v) is 5.64. The maximum Gasteiger partial charge on any atom is 0.183 e. The number of allylic oxidation sites excluding steroid dienone is 1. The Labute approximate surface area is 196 Å². The van der Waals surface area contributed by atoms with E-state index in [1.165, 1.54) is 17.6 Å². The molecular weight excluding hydrogens is 414 g/mol. The third kappa shape index (κ3) is 6.45. The first-order valence-electron chi connectivity index (χ1n) is 11.7. The molecule has 1 N–H and O–H groups in total. The molecule has 0 aliphatic rings.